The minimum absolute atomic E-state index is 0.00190. The van der Waals surface area contributed by atoms with Crippen molar-refractivity contribution in [3.63, 3.8) is 0 Å². The number of carboxylic acids is 2. The standard InChI is InChI=1S/C22H30F3N4O18P3.C13H17F3N2O4.C9H14IN2O14P3.2HI.V/c23-22(24,25)20(35)26-8-4-3-6-13(19(33)34)27-16(31)7-2-1-5-12-10-29(21(36)28-18(12)32)17-9-14(30)15(45-17)11-44-49(40,41)47-50(42,43)46-48(37,38)39;1-2-3-7-10(19)18-9(11(20)21)6-4-5-8-17-12(22)13(14,15)16;10-4-2-12(9(15)11-8(4)14)7-1-5(13)6(24-7)3-23-28(19,20)26-29(21,22)25-27(16,17)18;;;/h10,13-15,17,30H,2-4,6-9,11H2,(H,26,35)(H,27,31)(H,33,34)(H,40,41)(H,42,43)(H,28,32,36)(H2,37,38,39);1,9H,3-8H2,(H,17,22)(H,18,19)(H,20,21);2,5-7,13H,1,3H2,(H,19,20)(H,21,22)(H,11,14,15)(H2,16,17,18);2*1H;/q;;;;;+2/p-2/t13?,14?,15-,17-;;5?,6-,7-;;;/m1.1.../s1. The van der Waals surface area contributed by atoms with Crippen LogP contribution in [0.4, 0.5) is 26.3 Å². The normalized spacial score (nSPS) is 20.2. The van der Waals surface area contributed by atoms with Crippen LogP contribution in [-0.4, -0.2) is 189 Å². The molecule has 4 heterocycles. The fourth-order valence-electron chi connectivity index (χ4n) is 7.59. The molecule has 0 bridgehead atoms. The second-order valence-corrected chi connectivity index (χ2v) is 41.8. The van der Waals surface area contributed by atoms with Gasteiger partial charge in [0.25, 0.3) is 11.1 Å². The number of carboxylic acid groups (broad SMARTS) is 2. The number of hydrogen-bond acceptors (Lipinski definition) is 26. The summed E-state index contributed by atoms with van der Waals surface area (Å²) in [7, 11) is -33.0. The number of hydrogen-bond donors (Lipinski definition) is 18. The number of ether oxygens (including phenoxy) is 2. The molecule has 0 saturated carbocycles. The van der Waals surface area contributed by atoms with Crippen LogP contribution < -0.4 is 43.8 Å². The molecule has 0 aromatic carbocycles. The number of nitrogens with zero attached hydrogens (tertiary/aromatic N) is 2. The van der Waals surface area contributed by atoms with Crippen molar-refractivity contribution in [2.75, 3.05) is 26.3 Å². The molecule has 591 valence electrons. The topological polar surface area (TPSA) is 679 Å². The number of phosphoric acid groups is 6. The molecule has 2 aliphatic heterocycles. The van der Waals surface area contributed by atoms with Gasteiger partial charge in [0, 0.05) is 64.0 Å². The number of aliphatic hydroxyl groups excluding tert-OH is 2. The number of amides is 4. The van der Waals surface area contributed by atoms with Gasteiger partial charge in [-0.25, -0.2) is 46.6 Å². The Bertz CT molecular complexity index is 3960. The molecular weight excluding hydrogens is 1950 g/mol. The molecule has 8 unspecified atom stereocenters. The van der Waals surface area contributed by atoms with Gasteiger partial charge in [0.15, 0.2) is 0 Å². The Morgan fingerprint density at radius 3 is 1.34 bits per heavy atom. The number of aromatic amines is 2. The van der Waals surface area contributed by atoms with Gasteiger partial charge >= 0.3 is 144 Å². The fraction of sp³-hybridized carbons (Fsp3) is 0.591. The SMILES string of the molecule is C#CCCC(=O)NC(CCCCNC(=O)C(F)(F)F)C(=O)O.O=C(CCC#Cc1cn([C@H]2CC(O)[C@@H](COP(=O)(O)OP(=O)(O)OP(=O)(O)O)O2)c(=O)[nH]c1=O)NC(CCCCNC(=O)C(F)(F)F)C(=O)O.O=c1[nH]c(=O)n([C@H]2CC(O)[C@@H](COP(=O)(O)OP(=O)(O)OP(=O)(O)O)O2)cc1I.[I][V][I]. The number of halogens is 9. The van der Waals surface area contributed by atoms with Crippen LogP contribution in [0.25, 0.3) is 0 Å². The van der Waals surface area contributed by atoms with Gasteiger partial charge in [0.2, 0.25) is 11.8 Å². The van der Waals surface area contributed by atoms with Crippen LogP contribution in [0.15, 0.2) is 31.6 Å². The number of aromatic nitrogens is 4. The van der Waals surface area contributed by atoms with Crippen LogP contribution in [0.5, 0.6) is 0 Å². The first-order chi connectivity index (χ1) is 47.6. The van der Waals surface area contributed by atoms with Crippen LogP contribution in [0, 0.1) is 27.8 Å². The zero-order valence-electron chi connectivity index (χ0n) is 51.8. The number of carbonyl (C=O) groups excluding carboxylic acids is 4. The van der Waals surface area contributed by atoms with E-state index in [1.54, 1.807) is 33.2 Å². The van der Waals surface area contributed by atoms with Gasteiger partial charge in [-0.1, -0.05) is 11.8 Å². The second kappa shape index (κ2) is 44.8. The van der Waals surface area contributed by atoms with E-state index >= 15 is 0 Å². The molecule has 12 atom stereocenters. The number of alkyl halides is 6. The first kappa shape index (κ1) is 98.3. The van der Waals surface area contributed by atoms with Gasteiger partial charge in [0.1, 0.15) is 42.3 Å². The third-order valence-corrected chi connectivity index (χ3v) is 20.3. The van der Waals surface area contributed by atoms with E-state index in [0.29, 0.717) is 9.47 Å². The maximum atomic E-state index is 12.4. The van der Waals surface area contributed by atoms with E-state index in [4.69, 9.17) is 45.5 Å². The molecule has 2 aliphatic rings. The van der Waals surface area contributed by atoms with Crippen molar-refractivity contribution in [2.24, 2.45) is 0 Å². The van der Waals surface area contributed by atoms with Crippen LogP contribution in [-0.2, 0) is 101 Å². The number of nitrogens with one attached hydrogen (secondary N) is 6. The number of carbonyl (C=O) groups is 6. The van der Waals surface area contributed by atoms with Gasteiger partial charge in [-0.15, -0.1) is 12.3 Å². The van der Waals surface area contributed by atoms with Gasteiger partial charge in [-0.2, -0.15) is 43.6 Å². The summed E-state index contributed by atoms with van der Waals surface area (Å²) in [5.41, 5.74) is -3.81. The molecule has 2 aromatic heterocycles. The van der Waals surface area contributed by atoms with E-state index in [9.17, 15) is 132 Å². The first-order valence-electron chi connectivity index (χ1n) is 27.8. The van der Waals surface area contributed by atoms with Gasteiger partial charge < -0.3 is 90.3 Å². The van der Waals surface area contributed by atoms with Gasteiger partial charge in [-0.05, 0) is 61.1 Å². The van der Waals surface area contributed by atoms with Crippen molar-refractivity contribution in [1.82, 2.24) is 40.4 Å². The molecule has 18 N–H and O–H groups in total. The van der Waals surface area contributed by atoms with Crippen LogP contribution in [0.3, 0.4) is 0 Å². The van der Waals surface area contributed by atoms with Crippen molar-refractivity contribution in [1.29, 1.82) is 0 Å². The molecule has 0 aliphatic carbocycles. The molecule has 2 saturated heterocycles. The van der Waals surface area contributed by atoms with Gasteiger partial charge in [-0.3, -0.25) is 56.9 Å². The Kier molecular flexibility index (Phi) is 42.4. The van der Waals surface area contributed by atoms with Crippen molar-refractivity contribution >= 4 is 145 Å². The van der Waals surface area contributed by atoms with E-state index in [1.807, 2.05) is 9.97 Å². The van der Waals surface area contributed by atoms with Crippen LogP contribution >= 0.6 is 109 Å². The zero-order valence-corrected chi connectivity index (χ0v) is 65.0. The summed E-state index contributed by atoms with van der Waals surface area (Å²) in [6.45, 7) is -2.51. The zero-order chi connectivity index (χ0) is 80.2. The monoisotopic (exact) mass is 2010 g/mol. The number of rotatable bonds is 34. The molecule has 4 rings (SSSR count). The van der Waals surface area contributed by atoms with E-state index in [2.05, 4.69) is 94.6 Å². The summed E-state index contributed by atoms with van der Waals surface area (Å²) in [4.78, 5) is 190. The molecular formula is C44H61F6I3N8O36P6V. The molecule has 4 amide bonds. The summed E-state index contributed by atoms with van der Waals surface area (Å²) >= 11 is 6.40. The number of phosphoric ester groups is 2. The molecule has 2 aromatic rings. The molecule has 60 heteroatoms. The van der Waals surface area contributed by atoms with E-state index in [0.717, 1.165) is 15.3 Å². The van der Waals surface area contributed by atoms with Crippen molar-refractivity contribution in [2.45, 2.75) is 138 Å². The summed E-state index contributed by atoms with van der Waals surface area (Å²) in [5, 5.41) is 46.3. The summed E-state index contributed by atoms with van der Waals surface area (Å²) < 4.78 is 175. The Hall–Kier alpha value is -3.69. The number of unbranched alkanes of at least 4 members (excludes halogenated alkanes) is 2. The van der Waals surface area contributed by atoms with E-state index < -0.39 is 180 Å². The van der Waals surface area contributed by atoms with Gasteiger partial charge in [0.05, 0.1) is 29.0 Å². The quantitative estimate of drug-likeness (QED) is 0.0151. The second-order valence-electron chi connectivity index (χ2n) is 20.0. The predicted octanol–water partition coefficient (Wildman–Crippen LogP) is 0.798. The fourth-order valence-corrected chi connectivity index (χ4v) is 14.1. The number of aliphatic hydroxyl groups is 2. The Morgan fingerprint density at radius 2 is 0.981 bits per heavy atom. The molecule has 2 fully saturated rings. The molecule has 0 spiro atoms. The van der Waals surface area contributed by atoms with E-state index in [1.165, 1.54) is 6.20 Å². The third-order valence-electron chi connectivity index (χ3n) is 11.9. The van der Waals surface area contributed by atoms with Crippen molar-refractivity contribution < 1.29 is 187 Å². The molecule has 0 radical (unpaired) electrons. The Morgan fingerprint density at radius 1 is 0.615 bits per heavy atom. The summed E-state index contributed by atoms with van der Waals surface area (Å²) in [5.74, 6) is -1.01. The van der Waals surface area contributed by atoms with E-state index in [-0.39, 0.29) is 99.3 Å². The number of H-pyrrole nitrogens is 2. The maximum absolute atomic E-state index is 12.4. The van der Waals surface area contributed by atoms with Crippen molar-refractivity contribution in [3.05, 3.63) is 63.2 Å². The number of aliphatic carboxylic acids is 2. The predicted molar refractivity (Wildman–Crippen MR) is 351 cm³/mol. The molecule has 104 heavy (non-hydrogen) atoms. The summed E-state index contributed by atoms with van der Waals surface area (Å²) in [6.07, 6.45) is -11.6. The average molecular weight is 2010 g/mol. The minimum atomic E-state index is -5.81. The average Bonchev–Trinajstić information content (AvgIpc) is 1.64. The Balaban J connectivity index is 0.000000843. The number of terminal acetylenes is 1. The Labute approximate surface area is 620 Å². The van der Waals surface area contributed by atoms with Crippen molar-refractivity contribution in [3.8, 4) is 24.2 Å². The molecule has 44 nitrogen and oxygen atoms in total. The van der Waals surface area contributed by atoms with Crippen LogP contribution in [0.1, 0.15) is 95.1 Å². The first-order valence-corrected chi connectivity index (χ1v) is 46.9. The third kappa shape index (κ3) is 40.7. The summed E-state index contributed by atoms with van der Waals surface area (Å²) in [6, 6.07) is -2.53. The van der Waals surface area contributed by atoms with Crippen LogP contribution in [0.2, 0.25) is 0 Å².